The van der Waals surface area contributed by atoms with Crippen molar-refractivity contribution in [2.45, 2.75) is 25.7 Å². The van der Waals surface area contributed by atoms with Gasteiger partial charge in [0.25, 0.3) is 0 Å². The Morgan fingerprint density at radius 3 is 2.88 bits per heavy atom. The molecular formula is C19H16N4OS. The van der Waals surface area contributed by atoms with Crippen LogP contribution in [0, 0.1) is 6.92 Å². The molecule has 6 heteroatoms. The van der Waals surface area contributed by atoms with E-state index >= 15 is 0 Å². The number of nitrogens with zero attached hydrogens (tertiary/aromatic N) is 3. The first-order chi connectivity index (χ1) is 12.2. The van der Waals surface area contributed by atoms with E-state index in [1.165, 1.54) is 4.88 Å². The van der Waals surface area contributed by atoms with Crippen LogP contribution in [-0.4, -0.2) is 25.5 Å². The number of carbonyl (C=O) groups excluding carboxylic acids is 1. The number of Topliss-reactive ketones (excluding diaryl/α,β-unsaturated/α-hetero) is 1. The van der Waals surface area contributed by atoms with E-state index in [1.807, 2.05) is 41.9 Å². The molecule has 5 rings (SSSR count). The molecule has 5 nitrogen and oxygen atoms in total. The van der Waals surface area contributed by atoms with Crippen molar-refractivity contribution in [2.75, 3.05) is 0 Å². The van der Waals surface area contributed by atoms with E-state index < -0.39 is 0 Å². The molecule has 3 heterocycles. The largest absolute Gasteiger partial charge is 0.322 e. The van der Waals surface area contributed by atoms with Crippen LogP contribution in [0.5, 0.6) is 0 Å². The van der Waals surface area contributed by atoms with Gasteiger partial charge in [-0.25, -0.2) is 9.67 Å². The first kappa shape index (κ1) is 14.6. The van der Waals surface area contributed by atoms with Crippen molar-refractivity contribution in [3.8, 4) is 5.95 Å². The fourth-order valence-corrected chi connectivity index (χ4v) is 4.53. The normalized spacial score (nSPS) is 17.2. The average molecular weight is 348 g/mol. The number of benzene rings is 1. The molecule has 124 valence electrons. The Labute approximate surface area is 148 Å². The number of ketones is 1. The molecule has 1 aliphatic rings. The van der Waals surface area contributed by atoms with Gasteiger partial charge in [-0.15, -0.1) is 11.3 Å². The number of hydrogen-bond acceptors (Lipinski definition) is 4. The maximum Gasteiger partial charge on any atom is 0.229 e. The van der Waals surface area contributed by atoms with E-state index in [0.717, 1.165) is 34.4 Å². The average Bonchev–Trinajstić information content (AvgIpc) is 3.32. The highest BCUT2D eigenvalue weighted by molar-refractivity contribution is 7.10. The van der Waals surface area contributed by atoms with Gasteiger partial charge in [0.1, 0.15) is 0 Å². The summed E-state index contributed by atoms with van der Waals surface area (Å²) in [6, 6.07) is 12.1. The second-order valence-electron chi connectivity index (χ2n) is 6.44. The fraction of sp³-hybridized carbons (Fsp3) is 0.211. The lowest BCUT2D eigenvalue weighted by molar-refractivity contribution is 0.0963. The zero-order chi connectivity index (χ0) is 17.0. The van der Waals surface area contributed by atoms with Crippen molar-refractivity contribution in [3.63, 3.8) is 0 Å². The standard InChI is InChI=1S/C19H16N4OS/c1-11-18-15(9-12(10-16(18)24)17-7-4-8-25-17)23(22-11)19-20-13-5-2-3-6-14(13)21-19/h2-8,12H,9-10H2,1H3,(H,20,21). The first-order valence-electron chi connectivity index (χ1n) is 8.31. The van der Waals surface area contributed by atoms with Gasteiger partial charge in [-0.05, 0) is 36.9 Å². The lowest BCUT2D eigenvalue weighted by Gasteiger charge is -2.21. The van der Waals surface area contributed by atoms with Crippen LogP contribution in [0.25, 0.3) is 17.0 Å². The minimum absolute atomic E-state index is 0.180. The second kappa shape index (κ2) is 5.39. The highest BCUT2D eigenvalue weighted by atomic mass is 32.1. The number of carbonyl (C=O) groups is 1. The summed E-state index contributed by atoms with van der Waals surface area (Å²) in [5.74, 6) is 1.07. The van der Waals surface area contributed by atoms with Crippen LogP contribution in [0.2, 0.25) is 0 Å². The molecule has 0 amide bonds. The molecule has 1 atom stereocenters. The predicted molar refractivity (Wildman–Crippen MR) is 97.7 cm³/mol. The van der Waals surface area contributed by atoms with Gasteiger partial charge in [-0.3, -0.25) is 4.79 Å². The Morgan fingerprint density at radius 2 is 2.08 bits per heavy atom. The number of imidazole rings is 1. The van der Waals surface area contributed by atoms with E-state index in [4.69, 9.17) is 0 Å². The molecule has 4 aromatic rings. The number of hydrogen-bond donors (Lipinski definition) is 1. The zero-order valence-electron chi connectivity index (χ0n) is 13.7. The lowest BCUT2D eigenvalue weighted by Crippen LogP contribution is -2.20. The monoisotopic (exact) mass is 348 g/mol. The molecule has 1 unspecified atom stereocenters. The number of nitrogens with one attached hydrogen (secondary N) is 1. The quantitative estimate of drug-likeness (QED) is 0.595. The van der Waals surface area contributed by atoms with Gasteiger partial charge in [-0.2, -0.15) is 5.10 Å². The van der Waals surface area contributed by atoms with Gasteiger partial charge in [-0.1, -0.05) is 18.2 Å². The van der Waals surface area contributed by atoms with Gasteiger partial charge >= 0.3 is 0 Å². The van der Waals surface area contributed by atoms with Gasteiger partial charge in [0.2, 0.25) is 5.95 Å². The number of fused-ring (bicyclic) bond motifs is 2. The number of H-pyrrole nitrogens is 1. The van der Waals surface area contributed by atoms with Crippen LogP contribution in [0.4, 0.5) is 0 Å². The third-order valence-electron chi connectivity index (χ3n) is 4.83. The molecule has 1 aliphatic carbocycles. The second-order valence-corrected chi connectivity index (χ2v) is 7.42. The van der Waals surface area contributed by atoms with E-state index in [1.54, 1.807) is 11.3 Å². The third-order valence-corrected chi connectivity index (χ3v) is 5.86. The van der Waals surface area contributed by atoms with Crippen molar-refractivity contribution in [3.05, 3.63) is 63.6 Å². The molecule has 1 aromatic carbocycles. The van der Waals surface area contributed by atoms with E-state index in [0.29, 0.717) is 12.4 Å². The smallest absolute Gasteiger partial charge is 0.229 e. The van der Waals surface area contributed by atoms with Gasteiger partial charge < -0.3 is 4.98 Å². The molecule has 0 aliphatic heterocycles. The molecule has 0 fully saturated rings. The van der Waals surface area contributed by atoms with Crippen LogP contribution in [0.1, 0.15) is 39.0 Å². The van der Waals surface area contributed by atoms with Crippen LogP contribution >= 0.6 is 11.3 Å². The number of aromatic amines is 1. The van der Waals surface area contributed by atoms with E-state index in [2.05, 4.69) is 26.5 Å². The van der Waals surface area contributed by atoms with Crippen molar-refractivity contribution < 1.29 is 4.79 Å². The summed E-state index contributed by atoms with van der Waals surface area (Å²) in [5.41, 5.74) is 4.39. The number of para-hydroxylation sites is 2. The van der Waals surface area contributed by atoms with Crippen molar-refractivity contribution in [2.24, 2.45) is 0 Å². The van der Waals surface area contributed by atoms with Gasteiger partial charge in [0.05, 0.1) is 28.0 Å². The zero-order valence-corrected chi connectivity index (χ0v) is 14.5. The third kappa shape index (κ3) is 2.25. The first-order valence-corrected chi connectivity index (χ1v) is 9.19. The number of aryl methyl sites for hydroxylation is 1. The lowest BCUT2D eigenvalue weighted by atomic mass is 9.85. The molecule has 3 aromatic heterocycles. The molecule has 0 saturated carbocycles. The maximum atomic E-state index is 12.7. The number of aromatic nitrogens is 4. The van der Waals surface area contributed by atoms with Crippen LogP contribution < -0.4 is 0 Å². The molecule has 0 saturated heterocycles. The van der Waals surface area contributed by atoms with Gasteiger partial charge in [0, 0.05) is 17.2 Å². The minimum Gasteiger partial charge on any atom is -0.322 e. The summed E-state index contributed by atoms with van der Waals surface area (Å²) < 4.78 is 1.82. The summed E-state index contributed by atoms with van der Waals surface area (Å²) in [6.45, 7) is 1.90. The van der Waals surface area contributed by atoms with Crippen molar-refractivity contribution >= 4 is 28.2 Å². The maximum absolute atomic E-state index is 12.7. The SMILES string of the molecule is Cc1nn(-c2nc3ccccc3[nH]2)c2c1C(=O)CC(c1cccs1)C2. The molecule has 0 spiro atoms. The number of rotatable bonds is 2. The molecular weight excluding hydrogens is 332 g/mol. The Hall–Kier alpha value is -2.73. The molecule has 1 N–H and O–H groups in total. The molecule has 0 radical (unpaired) electrons. The van der Waals surface area contributed by atoms with E-state index in [-0.39, 0.29) is 11.7 Å². The highest BCUT2D eigenvalue weighted by Gasteiger charge is 2.33. The van der Waals surface area contributed by atoms with Crippen molar-refractivity contribution in [1.82, 2.24) is 19.7 Å². The van der Waals surface area contributed by atoms with Crippen molar-refractivity contribution in [1.29, 1.82) is 0 Å². The summed E-state index contributed by atoms with van der Waals surface area (Å²) in [4.78, 5) is 22.0. The predicted octanol–water partition coefficient (Wildman–Crippen LogP) is 4.03. The van der Waals surface area contributed by atoms with Crippen LogP contribution in [0.15, 0.2) is 41.8 Å². The minimum atomic E-state index is 0.180. The fourth-order valence-electron chi connectivity index (χ4n) is 3.70. The topological polar surface area (TPSA) is 63.6 Å². The number of thiophene rings is 1. The van der Waals surface area contributed by atoms with Gasteiger partial charge in [0.15, 0.2) is 5.78 Å². The van der Waals surface area contributed by atoms with Crippen LogP contribution in [0.3, 0.4) is 0 Å². The summed E-state index contributed by atoms with van der Waals surface area (Å²) >= 11 is 1.71. The molecule has 0 bridgehead atoms. The Bertz CT molecular complexity index is 1060. The summed E-state index contributed by atoms with van der Waals surface area (Å²) in [6.07, 6.45) is 1.36. The Morgan fingerprint density at radius 1 is 1.20 bits per heavy atom. The van der Waals surface area contributed by atoms with E-state index in [9.17, 15) is 4.79 Å². The highest BCUT2D eigenvalue weighted by Crippen LogP contribution is 2.36. The Balaban J connectivity index is 1.65. The summed E-state index contributed by atoms with van der Waals surface area (Å²) in [5, 5.41) is 6.70. The molecule has 25 heavy (non-hydrogen) atoms. The summed E-state index contributed by atoms with van der Waals surface area (Å²) in [7, 11) is 0. The Kier molecular flexibility index (Phi) is 3.15. The van der Waals surface area contributed by atoms with Crippen LogP contribution in [-0.2, 0) is 6.42 Å².